The Morgan fingerprint density at radius 3 is 2.29 bits per heavy atom. The van der Waals surface area contributed by atoms with Crippen LogP contribution in [0.2, 0.25) is 0 Å². The van der Waals surface area contributed by atoms with Gasteiger partial charge in [-0.15, -0.1) is 0 Å². The summed E-state index contributed by atoms with van der Waals surface area (Å²) in [5, 5.41) is 3.05. The lowest BCUT2D eigenvalue weighted by atomic mass is 10.00. The monoisotopic (exact) mass is 241 g/mol. The highest BCUT2D eigenvalue weighted by atomic mass is 19.1. The molecule has 1 rings (SSSR count). The normalized spacial score (nSPS) is 12.3. The van der Waals surface area contributed by atoms with Crippen LogP contribution in [0.5, 0.6) is 11.5 Å². The first-order valence-electron chi connectivity index (χ1n) is 5.67. The Balaban J connectivity index is 3.15. The van der Waals surface area contributed by atoms with Crippen molar-refractivity contribution >= 4 is 0 Å². The first kappa shape index (κ1) is 13.8. The molecule has 0 aromatic heterocycles. The second-order valence-electron chi connectivity index (χ2n) is 3.88. The predicted molar refractivity (Wildman–Crippen MR) is 66.7 cm³/mol. The fourth-order valence-electron chi connectivity index (χ4n) is 1.78. The van der Waals surface area contributed by atoms with E-state index < -0.39 is 6.17 Å². The second kappa shape index (κ2) is 6.45. The van der Waals surface area contributed by atoms with Crippen LogP contribution in [-0.2, 0) is 6.42 Å². The lowest BCUT2D eigenvalue weighted by molar-refractivity contribution is 0.345. The van der Waals surface area contributed by atoms with Crippen molar-refractivity contribution in [2.45, 2.75) is 19.5 Å². The smallest absolute Gasteiger partial charge is 0.161 e. The number of halogens is 1. The third kappa shape index (κ3) is 3.33. The van der Waals surface area contributed by atoms with Crippen LogP contribution in [0.3, 0.4) is 0 Å². The summed E-state index contributed by atoms with van der Waals surface area (Å²) in [6.07, 6.45) is -0.248. The summed E-state index contributed by atoms with van der Waals surface area (Å²) in [6.45, 7) is 2.33. The van der Waals surface area contributed by atoms with Crippen molar-refractivity contribution < 1.29 is 13.9 Å². The zero-order chi connectivity index (χ0) is 12.8. The number of nitrogens with one attached hydrogen (secondary N) is 1. The van der Waals surface area contributed by atoms with Crippen LogP contribution in [0, 0.1) is 0 Å². The van der Waals surface area contributed by atoms with Crippen LogP contribution >= 0.6 is 0 Å². The number of rotatable bonds is 6. The zero-order valence-corrected chi connectivity index (χ0v) is 10.8. The second-order valence-corrected chi connectivity index (χ2v) is 3.88. The molecule has 0 radical (unpaired) electrons. The lowest BCUT2D eigenvalue weighted by Crippen LogP contribution is -2.12. The Bertz CT molecular complexity index is 367. The summed E-state index contributed by atoms with van der Waals surface area (Å²) in [4.78, 5) is 0. The van der Waals surface area contributed by atoms with Gasteiger partial charge in [0, 0.05) is 0 Å². The Kier molecular flexibility index (Phi) is 5.22. The molecule has 0 amide bonds. The molecule has 17 heavy (non-hydrogen) atoms. The van der Waals surface area contributed by atoms with Crippen molar-refractivity contribution in [3.05, 3.63) is 23.3 Å². The minimum Gasteiger partial charge on any atom is -0.493 e. The van der Waals surface area contributed by atoms with E-state index in [1.165, 1.54) is 6.92 Å². The summed E-state index contributed by atoms with van der Waals surface area (Å²) < 4.78 is 24.0. The number of hydrogen-bond donors (Lipinski definition) is 1. The molecule has 0 heterocycles. The third-order valence-corrected chi connectivity index (χ3v) is 2.72. The van der Waals surface area contributed by atoms with Crippen LogP contribution < -0.4 is 14.8 Å². The van der Waals surface area contributed by atoms with Crippen LogP contribution in [-0.4, -0.2) is 27.8 Å². The standard InChI is InChI=1S/C13H20FNO2/c1-9(14)11-8-13(17-4)12(16-3)7-10(11)5-6-15-2/h7-9,15H,5-6H2,1-4H3. The molecule has 1 aromatic carbocycles. The molecule has 4 heteroatoms. The molecule has 1 aromatic rings. The molecule has 0 aliphatic heterocycles. The van der Waals surface area contributed by atoms with E-state index in [0.717, 1.165) is 18.5 Å². The summed E-state index contributed by atoms with van der Waals surface area (Å²) in [6, 6.07) is 3.57. The number of benzene rings is 1. The number of methoxy groups -OCH3 is 2. The summed E-state index contributed by atoms with van der Waals surface area (Å²) >= 11 is 0. The maximum Gasteiger partial charge on any atom is 0.161 e. The molecule has 0 bridgehead atoms. The first-order valence-corrected chi connectivity index (χ1v) is 5.67. The van der Waals surface area contributed by atoms with Gasteiger partial charge in [0.2, 0.25) is 0 Å². The highest BCUT2D eigenvalue weighted by Crippen LogP contribution is 2.34. The van der Waals surface area contributed by atoms with Gasteiger partial charge in [0.15, 0.2) is 11.5 Å². The van der Waals surface area contributed by atoms with E-state index in [-0.39, 0.29) is 0 Å². The van der Waals surface area contributed by atoms with Gasteiger partial charge in [-0.3, -0.25) is 0 Å². The molecule has 0 saturated heterocycles. The largest absolute Gasteiger partial charge is 0.493 e. The summed E-state index contributed by atoms with van der Waals surface area (Å²) in [5.74, 6) is 1.21. The molecule has 0 fully saturated rings. The fraction of sp³-hybridized carbons (Fsp3) is 0.538. The van der Waals surface area contributed by atoms with Gasteiger partial charge in [-0.2, -0.15) is 0 Å². The third-order valence-electron chi connectivity index (χ3n) is 2.72. The Morgan fingerprint density at radius 1 is 1.24 bits per heavy atom. The summed E-state index contributed by atoms with van der Waals surface area (Å²) in [7, 11) is 5.01. The number of hydrogen-bond acceptors (Lipinski definition) is 3. The highest BCUT2D eigenvalue weighted by Gasteiger charge is 2.15. The van der Waals surface area contributed by atoms with Crippen molar-refractivity contribution in [2.75, 3.05) is 27.8 Å². The quantitative estimate of drug-likeness (QED) is 0.830. The van der Waals surface area contributed by atoms with Crippen molar-refractivity contribution in [1.29, 1.82) is 0 Å². The van der Waals surface area contributed by atoms with Gasteiger partial charge in [-0.05, 0) is 50.2 Å². The topological polar surface area (TPSA) is 30.5 Å². The molecule has 0 saturated carbocycles. The predicted octanol–water partition coefficient (Wildman–Crippen LogP) is 2.50. The average molecular weight is 241 g/mol. The van der Waals surface area contributed by atoms with E-state index in [4.69, 9.17) is 9.47 Å². The van der Waals surface area contributed by atoms with Crippen molar-refractivity contribution in [3.63, 3.8) is 0 Å². The minimum atomic E-state index is -1.01. The van der Waals surface area contributed by atoms with E-state index in [1.807, 2.05) is 13.1 Å². The molecule has 96 valence electrons. The van der Waals surface area contributed by atoms with Crippen LogP contribution in [0.25, 0.3) is 0 Å². The number of alkyl halides is 1. The SMILES string of the molecule is CNCCc1cc(OC)c(OC)cc1C(C)F. The van der Waals surface area contributed by atoms with Crippen molar-refractivity contribution in [1.82, 2.24) is 5.32 Å². The van der Waals surface area contributed by atoms with E-state index in [0.29, 0.717) is 17.1 Å². The van der Waals surface area contributed by atoms with E-state index in [9.17, 15) is 4.39 Å². The number of likely N-dealkylation sites (N-methyl/N-ethyl adjacent to an activating group) is 1. The maximum absolute atomic E-state index is 13.6. The molecule has 1 atom stereocenters. The molecule has 1 N–H and O–H groups in total. The number of ether oxygens (including phenoxy) is 2. The maximum atomic E-state index is 13.6. The molecule has 3 nitrogen and oxygen atoms in total. The molecule has 0 aliphatic carbocycles. The lowest BCUT2D eigenvalue weighted by Gasteiger charge is -2.15. The van der Waals surface area contributed by atoms with Gasteiger partial charge < -0.3 is 14.8 Å². The van der Waals surface area contributed by atoms with Crippen molar-refractivity contribution in [3.8, 4) is 11.5 Å². The van der Waals surface area contributed by atoms with Crippen LogP contribution in [0.4, 0.5) is 4.39 Å². The van der Waals surface area contributed by atoms with Gasteiger partial charge in [-0.1, -0.05) is 0 Å². The van der Waals surface area contributed by atoms with Gasteiger partial charge in [0.1, 0.15) is 6.17 Å². The molecular weight excluding hydrogens is 221 g/mol. The molecular formula is C13H20FNO2. The van der Waals surface area contributed by atoms with Gasteiger partial charge in [0.05, 0.1) is 14.2 Å². The Hall–Kier alpha value is -1.29. The Morgan fingerprint density at radius 2 is 1.82 bits per heavy atom. The van der Waals surface area contributed by atoms with E-state index >= 15 is 0 Å². The molecule has 0 aliphatic rings. The molecule has 1 unspecified atom stereocenters. The van der Waals surface area contributed by atoms with Gasteiger partial charge >= 0.3 is 0 Å². The van der Waals surface area contributed by atoms with Crippen molar-refractivity contribution in [2.24, 2.45) is 0 Å². The van der Waals surface area contributed by atoms with Gasteiger partial charge in [0.25, 0.3) is 0 Å². The fourth-order valence-corrected chi connectivity index (χ4v) is 1.78. The highest BCUT2D eigenvalue weighted by molar-refractivity contribution is 5.48. The Labute approximate surface area is 102 Å². The van der Waals surface area contributed by atoms with E-state index in [1.54, 1.807) is 20.3 Å². The van der Waals surface area contributed by atoms with Crippen LogP contribution in [0.1, 0.15) is 24.2 Å². The average Bonchev–Trinajstić information content (AvgIpc) is 2.34. The zero-order valence-electron chi connectivity index (χ0n) is 10.8. The molecule has 0 spiro atoms. The van der Waals surface area contributed by atoms with Crippen LogP contribution in [0.15, 0.2) is 12.1 Å². The minimum absolute atomic E-state index is 0.570. The first-order chi connectivity index (χ1) is 8.13. The van der Waals surface area contributed by atoms with Gasteiger partial charge in [-0.25, -0.2) is 4.39 Å². The van der Waals surface area contributed by atoms with E-state index in [2.05, 4.69) is 5.32 Å². The summed E-state index contributed by atoms with van der Waals surface area (Å²) in [5.41, 5.74) is 1.62.